The average molecular weight is 295 g/mol. The van der Waals surface area contributed by atoms with Crippen LogP contribution in [0.1, 0.15) is 29.4 Å². The second-order valence-corrected chi connectivity index (χ2v) is 5.66. The van der Waals surface area contributed by atoms with Gasteiger partial charge in [-0.25, -0.2) is 0 Å². The molecule has 0 radical (unpaired) electrons. The third kappa shape index (κ3) is 2.41. The number of halogens is 1. The van der Waals surface area contributed by atoms with Crippen LogP contribution in [0.4, 0.5) is 0 Å². The Kier molecular flexibility index (Phi) is 3.68. The Hall–Kier alpha value is -2.24. The fraction of sp³-hybridized carbons (Fsp3) is 0.167. The molecule has 0 saturated heterocycles. The lowest BCUT2D eigenvalue weighted by atomic mass is 9.89. The van der Waals surface area contributed by atoms with E-state index < -0.39 is 0 Å². The number of benzene rings is 2. The summed E-state index contributed by atoms with van der Waals surface area (Å²) >= 11 is 6.30. The molecule has 0 aromatic heterocycles. The summed E-state index contributed by atoms with van der Waals surface area (Å²) in [5.41, 5.74) is 9.72. The number of allylic oxidation sites excluding steroid dienone is 2. The standard InChI is InChI=1S/C18H15ClN2/c19-17-9-5-4-8-13(17)15-10-14(18(21)16(15)11-20)12-6-2-1-3-7-12/h1-9,14-15H,10,21H2. The van der Waals surface area contributed by atoms with Gasteiger partial charge in [0, 0.05) is 22.6 Å². The molecule has 0 bridgehead atoms. The molecule has 0 heterocycles. The van der Waals surface area contributed by atoms with Gasteiger partial charge < -0.3 is 5.73 Å². The molecule has 104 valence electrons. The molecule has 0 spiro atoms. The van der Waals surface area contributed by atoms with Crippen molar-refractivity contribution in [1.82, 2.24) is 0 Å². The second-order valence-electron chi connectivity index (χ2n) is 5.25. The summed E-state index contributed by atoms with van der Waals surface area (Å²) in [5, 5.41) is 10.2. The molecule has 1 aliphatic rings. The maximum absolute atomic E-state index is 9.49. The van der Waals surface area contributed by atoms with Gasteiger partial charge >= 0.3 is 0 Å². The minimum atomic E-state index is -0.0195. The van der Waals surface area contributed by atoms with E-state index in [-0.39, 0.29) is 11.8 Å². The lowest BCUT2D eigenvalue weighted by molar-refractivity contribution is 0.698. The zero-order chi connectivity index (χ0) is 14.8. The zero-order valence-electron chi connectivity index (χ0n) is 11.5. The molecule has 2 N–H and O–H groups in total. The van der Waals surface area contributed by atoms with Crippen molar-refractivity contribution in [2.24, 2.45) is 5.73 Å². The Morgan fingerprint density at radius 1 is 1.00 bits per heavy atom. The van der Waals surface area contributed by atoms with Crippen molar-refractivity contribution >= 4 is 11.6 Å². The van der Waals surface area contributed by atoms with E-state index in [1.54, 1.807) is 0 Å². The van der Waals surface area contributed by atoms with Crippen LogP contribution in [0.15, 0.2) is 65.9 Å². The molecule has 0 aliphatic heterocycles. The Bertz CT molecular complexity index is 728. The van der Waals surface area contributed by atoms with Crippen LogP contribution in [0.2, 0.25) is 5.02 Å². The first-order valence-corrected chi connectivity index (χ1v) is 7.29. The maximum atomic E-state index is 9.49. The zero-order valence-corrected chi connectivity index (χ0v) is 12.2. The molecule has 2 atom stereocenters. The minimum Gasteiger partial charge on any atom is -0.401 e. The largest absolute Gasteiger partial charge is 0.401 e. The summed E-state index contributed by atoms with van der Waals surface area (Å²) in [6.07, 6.45) is 0.794. The van der Waals surface area contributed by atoms with Crippen molar-refractivity contribution in [2.45, 2.75) is 18.3 Å². The first-order valence-electron chi connectivity index (χ1n) is 6.91. The molecule has 0 amide bonds. The molecule has 2 aromatic carbocycles. The van der Waals surface area contributed by atoms with E-state index in [4.69, 9.17) is 17.3 Å². The molecule has 0 saturated carbocycles. The van der Waals surface area contributed by atoms with E-state index in [0.717, 1.165) is 17.5 Å². The van der Waals surface area contributed by atoms with Gasteiger partial charge in [0.15, 0.2) is 0 Å². The highest BCUT2D eigenvalue weighted by molar-refractivity contribution is 6.31. The van der Waals surface area contributed by atoms with Crippen LogP contribution in [0.3, 0.4) is 0 Å². The van der Waals surface area contributed by atoms with Gasteiger partial charge in [0.25, 0.3) is 0 Å². The number of hydrogen-bond donors (Lipinski definition) is 1. The highest BCUT2D eigenvalue weighted by atomic mass is 35.5. The van der Waals surface area contributed by atoms with Crippen molar-refractivity contribution < 1.29 is 0 Å². The fourth-order valence-electron chi connectivity index (χ4n) is 3.05. The van der Waals surface area contributed by atoms with Gasteiger partial charge in [-0.1, -0.05) is 60.1 Å². The minimum absolute atomic E-state index is 0.0195. The van der Waals surface area contributed by atoms with Crippen LogP contribution in [0.25, 0.3) is 0 Å². The van der Waals surface area contributed by atoms with Crippen molar-refractivity contribution in [1.29, 1.82) is 5.26 Å². The molecule has 3 rings (SSSR count). The molecule has 2 unspecified atom stereocenters. The van der Waals surface area contributed by atoms with Crippen molar-refractivity contribution in [3.05, 3.63) is 82.0 Å². The van der Waals surface area contributed by atoms with Crippen LogP contribution in [-0.4, -0.2) is 0 Å². The maximum Gasteiger partial charge on any atom is 0.0972 e. The van der Waals surface area contributed by atoms with Crippen LogP contribution in [0, 0.1) is 11.3 Å². The van der Waals surface area contributed by atoms with E-state index in [9.17, 15) is 5.26 Å². The summed E-state index contributed by atoms with van der Waals surface area (Å²) in [6.45, 7) is 0. The predicted molar refractivity (Wildman–Crippen MR) is 84.8 cm³/mol. The third-order valence-corrected chi connectivity index (χ3v) is 4.45. The number of rotatable bonds is 2. The van der Waals surface area contributed by atoms with E-state index in [0.29, 0.717) is 16.3 Å². The number of nitriles is 1. The molecular formula is C18H15ClN2. The van der Waals surface area contributed by atoms with Crippen molar-refractivity contribution in [3.63, 3.8) is 0 Å². The lowest BCUT2D eigenvalue weighted by Crippen LogP contribution is -2.06. The lowest BCUT2D eigenvalue weighted by Gasteiger charge is -2.15. The van der Waals surface area contributed by atoms with E-state index in [1.165, 1.54) is 0 Å². The molecule has 1 aliphatic carbocycles. The summed E-state index contributed by atoms with van der Waals surface area (Å²) < 4.78 is 0. The molecule has 2 nitrogen and oxygen atoms in total. The van der Waals surface area contributed by atoms with Crippen LogP contribution in [0.5, 0.6) is 0 Å². The van der Waals surface area contributed by atoms with Crippen LogP contribution < -0.4 is 5.73 Å². The molecule has 3 heteroatoms. The third-order valence-electron chi connectivity index (χ3n) is 4.11. The van der Waals surface area contributed by atoms with Crippen molar-refractivity contribution in [2.75, 3.05) is 0 Å². The summed E-state index contributed by atoms with van der Waals surface area (Å²) in [4.78, 5) is 0. The van der Waals surface area contributed by atoms with Gasteiger partial charge in [0.2, 0.25) is 0 Å². The van der Waals surface area contributed by atoms with Crippen LogP contribution in [-0.2, 0) is 0 Å². The summed E-state index contributed by atoms with van der Waals surface area (Å²) in [6, 6.07) is 20.1. The highest BCUT2D eigenvalue weighted by Gasteiger charge is 2.35. The summed E-state index contributed by atoms with van der Waals surface area (Å²) in [7, 11) is 0. The van der Waals surface area contributed by atoms with Gasteiger partial charge in [0.1, 0.15) is 0 Å². The number of nitrogens with two attached hydrogens (primary N) is 1. The van der Waals surface area contributed by atoms with E-state index in [1.807, 2.05) is 42.5 Å². The first-order chi connectivity index (χ1) is 10.2. The first kappa shape index (κ1) is 13.7. The quantitative estimate of drug-likeness (QED) is 0.895. The number of nitrogens with zero attached hydrogens (tertiary/aromatic N) is 1. The SMILES string of the molecule is N#CC1=C(N)C(c2ccccc2)CC1c1ccccc1Cl. The topological polar surface area (TPSA) is 49.8 Å². The molecule has 21 heavy (non-hydrogen) atoms. The molecule has 2 aromatic rings. The Balaban J connectivity index is 2.03. The number of hydrogen-bond acceptors (Lipinski definition) is 2. The van der Waals surface area contributed by atoms with Gasteiger partial charge in [0.05, 0.1) is 11.6 Å². The second kappa shape index (κ2) is 5.63. The van der Waals surface area contributed by atoms with Gasteiger partial charge in [-0.2, -0.15) is 5.26 Å². The van der Waals surface area contributed by atoms with Gasteiger partial charge in [-0.05, 0) is 23.6 Å². The highest BCUT2D eigenvalue weighted by Crippen LogP contribution is 2.47. The van der Waals surface area contributed by atoms with E-state index >= 15 is 0 Å². The molecule has 0 fully saturated rings. The smallest absolute Gasteiger partial charge is 0.0972 e. The Labute approximate surface area is 129 Å². The average Bonchev–Trinajstić information content (AvgIpc) is 2.85. The fourth-order valence-corrected chi connectivity index (χ4v) is 3.32. The Morgan fingerprint density at radius 3 is 2.33 bits per heavy atom. The normalized spacial score (nSPS) is 21.3. The van der Waals surface area contributed by atoms with Gasteiger partial charge in [-0.15, -0.1) is 0 Å². The van der Waals surface area contributed by atoms with Crippen LogP contribution >= 0.6 is 11.6 Å². The predicted octanol–water partition coefficient (Wildman–Crippen LogP) is 4.35. The van der Waals surface area contributed by atoms with Gasteiger partial charge in [-0.3, -0.25) is 0 Å². The van der Waals surface area contributed by atoms with E-state index in [2.05, 4.69) is 18.2 Å². The Morgan fingerprint density at radius 2 is 1.67 bits per heavy atom. The molecular weight excluding hydrogens is 280 g/mol. The summed E-state index contributed by atoms with van der Waals surface area (Å²) in [5.74, 6) is 0.0658. The van der Waals surface area contributed by atoms with Crippen molar-refractivity contribution in [3.8, 4) is 6.07 Å². The monoisotopic (exact) mass is 294 g/mol.